The summed E-state index contributed by atoms with van der Waals surface area (Å²) in [5.41, 5.74) is -0.532. The minimum atomic E-state index is -0.939. The molecule has 0 heterocycles. The van der Waals surface area contributed by atoms with Crippen LogP contribution in [0.2, 0.25) is 0 Å². The standard InChI is InChI=1S/C15H19NO5/c17-11-5-4-10(8-12(11)18)14(21)16-15(9-13(19)20)6-2-1-3-7-15/h4-5,8,17-18H,1-3,6-7,9H2,(H,16,21)(H,19,20). The molecule has 0 unspecified atom stereocenters. The molecule has 0 bridgehead atoms. The number of hydrogen-bond donors (Lipinski definition) is 4. The minimum absolute atomic E-state index is 0.108. The summed E-state index contributed by atoms with van der Waals surface area (Å²) in [7, 11) is 0. The Kier molecular flexibility index (Phi) is 4.35. The molecule has 1 aliphatic carbocycles. The van der Waals surface area contributed by atoms with Gasteiger partial charge in [-0.2, -0.15) is 0 Å². The molecule has 6 heteroatoms. The van der Waals surface area contributed by atoms with Crippen LogP contribution in [0.5, 0.6) is 11.5 Å². The second-order valence-corrected chi connectivity index (χ2v) is 5.57. The van der Waals surface area contributed by atoms with Crippen LogP contribution in [0, 0.1) is 0 Å². The van der Waals surface area contributed by atoms with Crippen molar-refractivity contribution in [2.75, 3.05) is 0 Å². The van der Waals surface area contributed by atoms with E-state index < -0.39 is 17.4 Å². The number of aromatic hydroxyl groups is 2. The van der Waals surface area contributed by atoms with Crippen LogP contribution >= 0.6 is 0 Å². The molecule has 21 heavy (non-hydrogen) atoms. The van der Waals surface area contributed by atoms with Gasteiger partial charge in [-0.25, -0.2) is 0 Å². The molecule has 0 aliphatic heterocycles. The monoisotopic (exact) mass is 293 g/mol. The predicted octanol–water partition coefficient (Wildman–Crippen LogP) is 2.01. The zero-order valence-corrected chi connectivity index (χ0v) is 11.6. The zero-order valence-electron chi connectivity index (χ0n) is 11.6. The Labute approximate surface area is 122 Å². The van der Waals surface area contributed by atoms with Gasteiger partial charge in [0.25, 0.3) is 5.91 Å². The van der Waals surface area contributed by atoms with E-state index in [1.807, 2.05) is 0 Å². The number of carboxylic acids is 1. The number of carbonyl (C=O) groups is 2. The van der Waals surface area contributed by atoms with E-state index in [1.54, 1.807) is 0 Å². The van der Waals surface area contributed by atoms with E-state index in [9.17, 15) is 19.8 Å². The van der Waals surface area contributed by atoms with Gasteiger partial charge < -0.3 is 20.6 Å². The number of nitrogens with one attached hydrogen (secondary N) is 1. The first-order chi connectivity index (χ1) is 9.92. The molecule has 1 amide bonds. The van der Waals surface area contributed by atoms with Gasteiger partial charge in [0.1, 0.15) is 0 Å². The van der Waals surface area contributed by atoms with E-state index in [2.05, 4.69) is 5.32 Å². The Balaban J connectivity index is 2.17. The highest BCUT2D eigenvalue weighted by atomic mass is 16.4. The molecule has 1 aliphatic rings. The van der Waals surface area contributed by atoms with E-state index >= 15 is 0 Å². The zero-order chi connectivity index (χ0) is 15.5. The average Bonchev–Trinajstić information content (AvgIpc) is 2.41. The molecule has 6 nitrogen and oxygen atoms in total. The molecule has 1 saturated carbocycles. The molecule has 114 valence electrons. The maximum Gasteiger partial charge on any atom is 0.305 e. The van der Waals surface area contributed by atoms with Crippen molar-refractivity contribution in [3.8, 4) is 11.5 Å². The van der Waals surface area contributed by atoms with Gasteiger partial charge >= 0.3 is 5.97 Å². The SMILES string of the molecule is O=C(O)CC1(NC(=O)c2ccc(O)c(O)c2)CCCCC1. The second-order valence-electron chi connectivity index (χ2n) is 5.57. The van der Waals surface area contributed by atoms with E-state index in [0.29, 0.717) is 12.8 Å². The number of phenolic OH excluding ortho intramolecular Hbond substituents is 2. The highest BCUT2D eigenvalue weighted by molar-refractivity contribution is 5.95. The van der Waals surface area contributed by atoms with Crippen molar-refractivity contribution in [1.82, 2.24) is 5.32 Å². The summed E-state index contributed by atoms with van der Waals surface area (Å²) in [6.07, 6.45) is 3.97. The largest absolute Gasteiger partial charge is 0.504 e. The average molecular weight is 293 g/mol. The van der Waals surface area contributed by atoms with E-state index in [4.69, 9.17) is 5.11 Å². The summed E-state index contributed by atoms with van der Waals surface area (Å²) in [6.45, 7) is 0. The smallest absolute Gasteiger partial charge is 0.305 e. The molecular weight excluding hydrogens is 274 g/mol. The lowest BCUT2D eigenvalue weighted by Gasteiger charge is -2.37. The van der Waals surface area contributed by atoms with Gasteiger partial charge in [0.2, 0.25) is 0 Å². The molecule has 1 aromatic carbocycles. The van der Waals surface area contributed by atoms with Crippen molar-refractivity contribution in [2.24, 2.45) is 0 Å². The molecule has 0 aromatic heterocycles. The molecule has 1 aromatic rings. The number of benzene rings is 1. The van der Waals surface area contributed by atoms with E-state index in [1.165, 1.54) is 18.2 Å². The number of carboxylic acid groups (broad SMARTS) is 1. The Morgan fingerprint density at radius 3 is 2.33 bits per heavy atom. The predicted molar refractivity (Wildman–Crippen MR) is 75.3 cm³/mol. The minimum Gasteiger partial charge on any atom is -0.504 e. The first kappa shape index (κ1) is 15.2. The van der Waals surface area contributed by atoms with Crippen molar-refractivity contribution in [2.45, 2.75) is 44.1 Å². The second kappa shape index (κ2) is 6.03. The van der Waals surface area contributed by atoms with Crippen LogP contribution in [0.25, 0.3) is 0 Å². The van der Waals surface area contributed by atoms with Crippen molar-refractivity contribution in [1.29, 1.82) is 0 Å². The summed E-state index contributed by atoms with van der Waals surface area (Å²) in [6, 6.07) is 3.79. The van der Waals surface area contributed by atoms with Gasteiger partial charge in [-0.1, -0.05) is 19.3 Å². The summed E-state index contributed by atoms with van der Waals surface area (Å²) >= 11 is 0. The molecule has 0 radical (unpaired) electrons. The van der Waals surface area contributed by atoms with Gasteiger partial charge in [0.15, 0.2) is 11.5 Å². The molecule has 0 spiro atoms. The van der Waals surface area contributed by atoms with Crippen LogP contribution in [0.15, 0.2) is 18.2 Å². The van der Waals surface area contributed by atoms with E-state index in [0.717, 1.165) is 19.3 Å². The third-order valence-corrected chi connectivity index (χ3v) is 3.92. The Hall–Kier alpha value is -2.24. The van der Waals surface area contributed by atoms with Gasteiger partial charge in [-0.05, 0) is 31.0 Å². The number of carbonyl (C=O) groups excluding carboxylic acids is 1. The lowest BCUT2D eigenvalue weighted by molar-refractivity contribution is -0.139. The van der Waals surface area contributed by atoms with Crippen LogP contribution in [0.4, 0.5) is 0 Å². The Morgan fingerprint density at radius 1 is 1.10 bits per heavy atom. The van der Waals surface area contributed by atoms with Crippen LogP contribution in [-0.4, -0.2) is 32.7 Å². The summed E-state index contributed by atoms with van der Waals surface area (Å²) < 4.78 is 0. The molecule has 0 atom stereocenters. The molecule has 4 N–H and O–H groups in total. The maximum atomic E-state index is 12.3. The summed E-state index contributed by atoms with van der Waals surface area (Å²) in [5, 5.41) is 30.6. The molecule has 1 fully saturated rings. The number of amides is 1. The Bertz CT molecular complexity index is 549. The fourth-order valence-electron chi connectivity index (χ4n) is 2.84. The lowest BCUT2D eigenvalue weighted by Crippen LogP contribution is -2.51. The first-order valence-corrected chi connectivity index (χ1v) is 6.98. The van der Waals surface area contributed by atoms with Crippen LogP contribution < -0.4 is 5.32 Å². The normalized spacial score (nSPS) is 17.1. The first-order valence-electron chi connectivity index (χ1n) is 6.98. The fraction of sp³-hybridized carbons (Fsp3) is 0.467. The third kappa shape index (κ3) is 3.65. The van der Waals surface area contributed by atoms with E-state index in [-0.39, 0.29) is 23.5 Å². The van der Waals surface area contributed by atoms with Crippen LogP contribution in [0.1, 0.15) is 48.9 Å². The maximum absolute atomic E-state index is 12.3. The quantitative estimate of drug-likeness (QED) is 0.635. The van der Waals surface area contributed by atoms with Crippen molar-refractivity contribution in [3.05, 3.63) is 23.8 Å². The molecule has 0 saturated heterocycles. The topological polar surface area (TPSA) is 107 Å². The number of hydrogen-bond acceptors (Lipinski definition) is 4. The van der Waals surface area contributed by atoms with Gasteiger partial charge in [0, 0.05) is 5.56 Å². The van der Waals surface area contributed by atoms with Gasteiger partial charge in [0.05, 0.1) is 12.0 Å². The highest BCUT2D eigenvalue weighted by Crippen LogP contribution is 2.32. The van der Waals surface area contributed by atoms with Crippen molar-refractivity contribution < 1.29 is 24.9 Å². The highest BCUT2D eigenvalue weighted by Gasteiger charge is 2.36. The van der Waals surface area contributed by atoms with Crippen LogP contribution in [0.3, 0.4) is 0 Å². The number of phenols is 2. The number of aliphatic carboxylic acids is 1. The Morgan fingerprint density at radius 2 is 1.76 bits per heavy atom. The van der Waals surface area contributed by atoms with Crippen LogP contribution in [-0.2, 0) is 4.79 Å². The lowest BCUT2D eigenvalue weighted by atomic mass is 9.79. The molecular formula is C15H19NO5. The van der Waals surface area contributed by atoms with Gasteiger partial charge in [-0.15, -0.1) is 0 Å². The van der Waals surface area contributed by atoms with Gasteiger partial charge in [-0.3, -0.25) is 9.59 Å². The summed E-state index contributed by atoms with van der Waals surface area (Å²) in [4.78, 5) is 23.3. The van der Waals surface area contributed by atoms with Crippen molar-refractivity contribution >= 4 is 11.9 Å². The summed E-state index contributed by atoms with van der Waals surface area (Å²) in [5.74, 6) is -2.05. The van der Waals surface area contributed by atoms with Crippen molar-refractivity contribution in [3.63, 3.8) is 0 Å². The third-order valence-electron chi connectivity index (χ3n) is 3.92. The number of rotatable bonds is 4. The fourth-order valence-corrected chi connectivity index (χ4v) is 2.84. The molecule has 2 rings (SSSR count).